The van der Waals surface area contributed by atoms with Crippen molar-refractivity contribution in [3.05, 3.63) is 28.8 Å². The quantitative estimate of drug-likeness (QED) is 0.421. The van der Waals surface area contributed by atoms with Crippen LogP contribution in [0.25, 0.3) is 0 Å². The number of fused-ring (bicyclic) bond motifs is 5. The maximum absolute atomic E-state index is 14.2. The molecule has 36 heavy (non-hydrogen) atoms. The smallest absolute Gasteiger partial charge is 0.299 e. The third-order valence-corrected chi connectivity index (χ3v) is 11.4. The van der Waals surface area contributed by atoms with Crippen LogP contribution in [0.15, 0.2) is 17.0 Å². The van der Waals surface area contributed by atoms with Gasteiger partial charge in [-0.15, -0.1) is 0 Å². The van der Waals surface area contributed by atoms with E-state index in [9.17, 15) is 30.9 Å². The predicted molar refractivity (Wildman–Crippen MR) is 130 cm³/mol. The first kappa shape index (κ1) is 26.2. The van der Waals surface area contributed by atoms with Gasteiger partial charge in [0, 0.05) is 11.8 Å². The minimum atomic E-state index is -4.74. The fourth-order valence-corrected chi connectivity index (χ4v) is 9.29. The van der Waals surface area contributed by atoms with E-state index in [0.29, 0.717) is 49.0 Å². The second kappa shape index (κ2) is 9.11. The Kier molecular flexibility index (Phi) is 6.63. The number of carbonyl (C=O) groups excluding carboxylic acids is 1. The summed E-state index contributed by atoms with van der Waals surface area (Å²) in [6, 6.07) is 1.84. The lowest BCUT2D eigenvalue weighted by Crippen LogP contribution is -2.45. The van der Waals surface area contributed by atoms with Crippen molar-refractivity contribution in [3.8, 4) is 0 Å². The molecule has 4 nitrogen and oxygen atoms in total. The summed E-state index contributed by atoms with van der Waals surface area (Å²) < 4.78 is 75.3. The van der Waals surface area contributed by atoms with Gasteiger partial charge in [-0.3, -0.25) is 9.35 Å². The second-order valence-corrected chi connectivity index (χ2v) is 13.6. The van der Waals surface area contributed by atoms with E-state index in [1.54, 1.807) is 0 Å². The molecule has 1 N–H and O–H groups in total. The molecule has 1 aromatic carbocycles. The van der Waals surface area contributed by atoms with Crippen molar-refractivity contribution in [3.63, 3.8) is 0 Å². The zero-order valence-electron chi connectivity index (χ0n) is 21.1. The SMILES string of the molecule is CC(C(=O)[C@H]1CC[C@H]2[C@@H]3CCc4cc(S(=O)(=O)O)cc(C(F)(F)F)c4[C@H]3CC[C@]12C)C1CCCCC1. The zero-order valence-corrected chi connectivity index (χ0v) is 21.9. The highest BCUT2D eigenvalue weighted by Crippen LogP contribution is 2.64. The largest absolute Gasteiger partial charge is 0.416 e. The van der Waals surface area contributed by atoms with E-state index in [0.717, 1.165) is 25.7 Å². The molecule has 0 saturated heterocycles. The third-order valence-electron chi connectivity index (χ3n) is 10.5. The fourth-order valence-electron chi connectivity index (χ4n) is 8.73. The van der Waals surface area contributed by atoms with E-state index in [1.807, 2.05) is 0 Å². The van der Waals surface area contributed by atoms with E-state index < -0.39 is 26.8 Å². The second-order valence-electron chi connectivity index (χ2n) is 12.2. The highest BCUT2D eigenvalue weighted by Gasteiger charge is 2.58. The van der Waals surface area contributed by atoms with Crippen LogP contribution in [0.1, 0.15) is 101 Å². The number of hydrogen-bond acceptors (Lipinski definition) is 3. The summed E-state index contributed by atoms with van der Waals surface area (Å²) in [4.78, 5) is 13.1. The molecule has 1 aromatic rings. The maximum Gasteiger partial charge on any atom is 0.416 e. The number of benzene rings is 1. The molecule has 4 aliphatic carbocycles. The van der Waals surface area contributed by atoms with Crippen LogP contribution in [0.3, 0.4) is 0 Å². The van der Waals surface area contributed by atoms with Gasteiger partial charge < -0.3 is 0 Å². The number of Topliss-reactive ketones (excluding diaryl/α,β-unsaturated/α-hetero) is 1. The van der Waals surface area contributed by atoms with Crippen molar-refractivity contribution in [2.45, 2.75) is 101 Å². The third kappa shape index (κ3) is 4.34. The van der Waals surface area contributed by atoms with Crippen molar-refractivity contribution < 1.29 is 30.9 Å². The molecular weight excluding hydrogens is 489 g/mol. The lowest BCUT2D eigenvalue weighted by atomic mass is 9.53. The molecule has 4 aliphatic rings. The zero-order chi connectivity index (χ0) is 26.0. The van der Waals surface area contributed by atoms with Gasteiger partial charge in [-0.05, 0) is 104 Å². The van der Waals surface area contributed by atoms with Crippen molar-refractivity contribution in [2.75, 3.05) is 0 Å². The number of alkyl halides is 3. The topological polar surface area (TPSA) is 71.4 Å². The van der Waals surface area contributed by atoms with Crippen LogP contribution in [0.5, 0.6) is 0 Å². The Morgan fingerprint density at radius 2 is 1.75 bits per heavy atom. The first-order valence-electron chi connectivity index (χ1n) is 13.6. The number of rotatable bonds is 4. The number of halogens is 3. The summed E-state index contributed by atoms with van der Waals surface area (Å²) in [6.07, 6.45) is 5.16. The number of carbonyl (C=O) groups is 1. The molecule has 0 aromatic heterocycles. The van der Waals surface area contributed by atoms with Crippen molar-refractivity contribution >= 4 is 15.9 Å². The van der Waals surface area contributed by atoms with Crippen molar-refractivity contribution in [1.29, 1.82) is 0 Å². The molecule has 8 heteroatoms. The van der Waals surface area contributed by atoms with Crippen LogP contribution in [0.2, 0.25) is 0 Å². The summed E-state index contributed by atoms with van der Waals surface area (Å²) in [5.74, 6) is 0.796. The Morgan fingerprint density at radius 3 is 2.39 bits per heavy atom. The van der Waals surface area contributed by atoms with E-state index in [4.69, 9.17) is 0 Å². The Balaban J connectivity index is 1.45. The van der Waals surface area contributed by atoms with Gasteiger partial charge in [0.1, 0.15) is 5.78 Å². The summed E-state index contributed by atoms with van der Waals surface area (Å²) in [5.41, 5.74) is -0.509. The Bertz CT molecular complexity index is 1140. The van der Waals surface area contributed by atoms with Gasteiger partial charge >= 0.3 is 6.18 Å². The molecule has 3 fully saturated rings. The van der Waals surface area contributed by atoms with Gasteiger partial charge in [-0.1, -0.05) is 33.1 Å². The number of aryl methyl sites for hydroxylation is 1. The van der Waals surface area contributed by atoms with Gasteiger partial charge in [0.25, 0.3) is 10.1 Å². The molecular formula is C28H37F3O4S. The van der Waals surface area contributed by atoms with Crippen LogP contribution < -0.4 is 0 Å². The summed E-state index contributed by atoms with van der Waals surface area (Å²) in [6.45, 7) is 4.30. The predicted octanol–water partition coefficient (Wildman–Crippen LogP) is 7.21. The summed E-state index contributed by atoms with van der Waals surface area (Å²) in [5, 5.41) is 0. The van der Waals surface area contributed by atoms with Crippen LogP contribution in [0, 0.1) is 35.0 Å². The van der Waals surface area contributed by atoms with Crippen LogP contribution in [-0.2, 0) is 27.5 Å². The lowest BCUT2D eigenvalue weighted by molar-refractivity contribution is -0.139. The molecule has 200 valence electrons. The lowest BCUT2D eigenvalue weighted by Gasteiger charge is -2.51. The van der Waals surface area contributed by atoms with E-state index in [2.05, 4.69) is 13.8 Å². The summed E-state index contributed by atoms with van der Waals surface area (Å²) in [7, 11) is -4.74. The number of ketones is 1. The fraction of sp³-hybridized carbons (Fsp3) is 0.750. The first-order chi connectivity index (χ1) is 16.8. The molecule has 3 saturated carbocycles. The van der Waals surface area contributed by atoms with Crippen LogP contribution in [-0.4, -0.2) is 18.8 Å². The van der Waals surface area contributed by atoms with Gasteiger partial charge in [0.15, 0.2) is 0 Å². The average Bonchev–Trinajstić information content (AvgIpc) is 3.18. The van der Waals surface area contributed by atoms with Gasteiger partial charge in [-0.25, -0.2) is 0 Å². The molecule has 1 unspecified atom stereocenters. The van der Waals surface area contributed by atoms with Gasteiger partial charge in [-0.2, -0.15) is 21.6 Å². The molecule has 0 radical (unpaired) electrons. The van der Waals surface area contributed by atoms with Gasteiger partial charge in [0.05, 0.1) is 10.5 Å². The minimum absolute atomic E-state index is 0.0224. The van der Waals surface area contributed by atoms with Crippen molar-refractivity contribution in [2.24, 2.45) is 35.0 Å². The molecule has 0 amide bonds. The maximum atomic E-state index is 14.2. The first-order valence-corrected chi connectivity index (χ1v) is 15.0. The monoisotopic (exact) mass is 526 g/mol. The standard InChI is InChI=1S/C28H37F3O4S/c1-16(17-6-4-3-5-7-17)26(32)23-11-10-22-20-9-8-18-14-19(36(33,34)35)15-24(28(29,30)31)25(18)21(20)12-13-27(22,23)2/h14-17,20-23H,3-13H2,1-2H3,(H,33,34,35)/t16?,20-,21+,22+,23-,27+/m1/s1. The highest BCUT2D eigenvalue weighted by atomic mass is 32.2. The molecule has 0 heterocycles. The highest BCUT2D eigenvalue weighted by molar-refractivity contribution is 7.85. The Morgan fingerprint density at radius 1 is 1.06 bits per heavy atom. The van der Waals surface area contributed by atoms with E-state index in [1.165, 1.54) is 25.3 Å². The molecule has 0 bridgehead atoms. The molecule has 0 spiro atoms. The summed E-state index contributed by atoms with van der Waals surface area (Å²) >= 11 is 0. The molecule has 6 atom stereocenters. The van der Waals surface area contributed by atoms with Gasteiger partial charge in [0.2, 0.25) is 0 Å². The van der Waals surface area contributed by atoms with Crippen molar-refractivity contribution in [1.82, 2.24) is 0 Å². The molecule has 5 rings (SSSR count). The number of hydrogen-bond donors (Lipinski definition) is 1. The van der Waals surface area contributed by atoms with E-state index in [-0.39, 0.29) is 40.6 Å². The Hall–Kier alpha value is -1.41. The van der Waals surface area contributed by atoms with E-state index >= 15 is 0 Å². The average molecular weight is 527 g/mol. The Labute approximate surface area is 212 Å². The molecule has 0 aliphatic heterocycles. The normalized spacial score (nSPS) is 33.9. The van der Waals surface area contributed by atoms with Crippen LogP contribution >= 0.6 is 0 Å². The minimum Gasteiger partial charge on any atom is -0.299 e. The van der Waals surface area contributed by atoms with Crippen LogP contribution in [0.4, 0.5) is 13.2 Å².